The third-order valence-electron chi connectivity index (χ3n) is 4.82. The molecule has 7 nitrogen and oxygen atoms in total. The topological polar surface area (TPSA) is 74.6 Å². The van der Waals surface area contributed by atoms with E-state index in [1.54, 1.807) is 7.05 Å². The normalized spacial score (nSPS) is 17.2. The maximum Gasteiger partial charge on any atom is 0.222 e. The first-order valence-corrected chi connectivity index (χ1v) is 9.48. The van der Waals surface area contributed by atoms with E-state index in [1.807, 2.05) is 42.4 Å². The lowest BCUT2D eigenvalue weighted by Gasteiger charge is -2.19. The Morgan fingerprint density at radius 3 is 2.89 bits per heavy atom. The molecule has 0 bridgehead atoms. The van der Waals surface area contributed by atoms with Gasteiger partial charge in [-0.2, -0.15) is 0 Å². The maximum atomic E-state index is 11.8. The van der Waals surface area contributed by atoms with Crippen LogP contribution in [0.3, 0.4) is 0 Å². The van der Waals surface area contributed by atoms with Crippen molar-refractivity contribution >= 4 is 11.9 Å². The second-order valence-corrected chi connectivity index (χ2v) is 6.71. The van der Waals surface area contributed by atoms with E-state index in [0.717, 1.165) is 37.8 Å². The Labute approximate surface area is 160 Å². The molecule has 1 fully saturated rings. The number of nitrogens with zero attached hydrogens (tertiary/aromatic N) is 4. The smallest absolute Gasteiger partial charge is 0.222 e. The van der Waals surface area contributed by atoms with E-state index >= 15 is 0 Å². The van der Waals surface area contributed by atoms with Crippen LogP contribution in [0.5, 0.6) is 0 Å². The molecule has 1 aliphatic heterocycles. The van der Waals surface area contributed by atoms with Gasteiger partial charge in [0, 0.05) is 51.5 Å². The molecule has 2 heterocycles. The summed E-state index contributed by atoms with van der Waals surface area (Å²) in [6.07, 6.45) is 5.31. The highest BCUT2D eigenvalue weighted by Crippen LogP contribution is 2.10. The van der Waals surface area contributed by atoms with Gasteiger partial charge < -0.3 is 20.1 Å². The fourth-order valence-corrected chi connectivity index (χ4v) is 3.31. The molecule has 2 N–H and O–H groups in total. The average Bonchev–Trinajstić information content (AvgIpc) is 3.35. The number of aromatic nitrogens is 2. The lowest BCUT2D eigenvalue weighted by molar-refractivity contribution is -0.129. The van der Waals surface area contributed by atoms with Gasteiger partial charge in [-0.15, -0.1) is 0 Å². The van der Waals surface area contributed by atoms with Gasteiger partial charge in [0.05, 0.1) is 6.54 Å². The lowest BCUT2D eigenvalue weighted by Crippen LogP contribution is -2.45. The quantitative estimate of drug-likeness (QED) is 0.600. The fourth-order valence-electron chi connectivity index (χ4n) is 3.31. The molecular formula is C20H28N6O. The number of hydrogen-bond acceptors (Lipinski definition) is 3. The van der Waals surface area contributed by atoms with E-state index in [0.29, 0.717) is 13.0 Å². The molecule has 2 aromatic rings. The molecular weight excluding hydrogens is 340 g/mol. The first-order chi connectivity index (χ1) is 13.2. The van der Waals surface area contributed by atoms with Crippen LogP contribution >= 0.6 is 0 Å². The summed E-state index contributed by atoms with van der Waals surface area (Å²) in [6, 6.07) is 10.6. The van der Waals surface area contributed by atoms with Crippen LogP contribution in [0.1, 0.15) is 31.2 Å². The summed E-state index contributed by atoms with van der Waals surface area (Å²) in [5.41, 5.74) is 1.24. The Morgan fingerprint density at radius 2 is 2.15 bits per heavy atom. The summed E-state index contributed by atoms with van der Waals surface area (Å²) in [7, 11) is 1.76. The van der Waals surface area contributed by atoms with Gasteiger partial charge in [0.2, 0.25) is 5.91 Å². The van der Waals surface area contributed by atoms with Crippen molar-refractivity contribution in [2.24, 2.45) is 4.99 Å². The van der Waals surface area contributed by atoms with Crippen molar-refractivity contribution < 1.29 is 4.79 Å². The van der Waals surface area contributed by atoms with Crippen LogP contribution in [0.4, 0.5) is 0 Å². The van der Waals surface area contributed by atoms with Gasteiger partial charge in [0.15, 0.2) is 5.96 Å². The fraction of sp³-hybridized carbons (Fsp3) is 0.450. The largest absolute Gasteiger partial charge is 0.352 e. The molecule has 1 aliphatic rings. The summed E-state index contributed by atoms with van der Waals surface area (Å²) < 4.78 is 2.13. The number of carbonyl (C=O) groups is 1. The van der Waals surface area contributed by atoms with Crippen molar-refractivity contribution in [1.29, 1.82) is 0 Å². The Hall–Kier alpha value is -2.83. The Morgan fingerprint density at radius 1 is 1.33 bits per heavy atom. The zero-order valence-corrected chi connectivity index (χ0v) is 16.1. The Bertz CT molecular complexity index is 770. The number of imidazole rings is 1. The van der Waals surface area contributed by atoms with Crippen LogP contribution < -0.4 is 10.6 Å². The molecule has 1 amide bonds. The lowest BCUT2D eigenvalue weighted by atomic mass is 10.2. The predicted molar refractivity (Wildman–Crippen MR) is 106 cm³/mol. The third kappa shape index (κ3) is 5.09. The minimum absolute atomic E-state index is 0.213. The highest BCUT2D eigenvalue weighted by molar-refractivity contribution is 5.80. The van der Waals surface area contributed by atoms with Crippen LogP contribution in [0.25, 0.3) is 0 Å². The summed E-state index contributed by atoms with van der Waals surface area (Å²) in [4.78, 5) is 22.5. The van der Waals surface area contributed by atoms with Crippen molar-refractivity contribution in [3.05, 3.63) is 54.1 Å². The Balaban J connectivity index is 1.52. The number of hydrogen-bond donors (Lipinski definition) is 2. The van der Waals surface area contributed by atoms with E-state index in [-0.39, 0.29) is 11.9 Å². The molecule has 1 aromatic carbocycles. The van der Waals surface area contributed by atoms with E-state index in [9.17, 15) is 4.79 Å². The molecule has 0 spiro atoms. The molecule has 1 aromatic heterocycles. The summed E-state index contributed by atoms with van der Waals surface area (Å²) >= 11 is 0. The SMILES string of the molecule is CCC(=O)N1CCC(NC(=NC)NCc2nccn2Cc2ccccc2)C1. The van der Waals surface area contributed by atoms with E-state index in [2.05, 4.69) is 37.3 Å². The zero-order chi connectivity index (χ0) is 19.1. The molecule has 1 unspecified atom stereocenters. The molecule has 3 rings (SSSR count). The molecule has 1 atom stereocenters. The highest BCUT2D eigenvalue weighted by atomic mass is 16.2. The minimum Gasteiger partial charge on any atom is -0.352 e. The third-order valence-corrected chi connectivity index (χ3v) is 4.82. The molecule has 27 heavy (non-hydrogen) atoms. The number of rotatable bonds is 6. The first kappa shape index (κ1) is 18.9. The summed E-state index contributed by atoms with van der Waals surface area (Å²) in [5.74, 6) is 1.90. The number of amides is 1. The van der Waals surface area contributed by atoms with E-state index < -0.39 is 0 Å². The van der Waals surface area contributed by atoms with Gasteiger partial charge in [-0.05, 0) is 12.0 Å². The molecule has 144 valence electrons. The average molecular weight is 368 g/mol. The van der Waals surface area contributed by atoms with Crippen LogP contribution in [0, 0.1) is 0 Å². The van der Waals surface area contributed by atoms with Crippen molar-refractivity contribution in [3.63, 3.8) is 0 Å². The van der Waals surface area contributed by atoms with Crippen molar-refractivity contribution in [2.75, 3.05) is 20.1 Å². The minimum atomic E-state index is 0.213. The van der Waals surface area contributed by atoms with Crippen molar-refractivity contribution in [1.82, 2.24) is 25.1 Å². The van der Waals surface area contributed by atoms with Gasteiger partial charge >= 0.3 is 0 Å². The number of guanidine groups is 1. The van der Waals surface area contributed by atoms with Crippen LogP contribution in [-0.2, 0) is 17.9 Å². The maximum absolute atomic E-state index is 11.8. The number of likely N-dealkylation sites (tertiary alicyclic amines) is 1. The monoisotopic (exact) mass is 368 g/mol. The van der Waals surface area contributed by atoms with E-state index in [1.165, 1.54) is 5.56 Å². The molecule has 0 aliphatic carbocycles. The van der Waals surface area contributed by atoms with E-state index in [4.69, 9.17) is 0 Å². The number of benzene rings is 1. The number of nitrogens with one attached hydrogen (secondary N) is 2. The second kappa shape index (κ2) is 9.21. The van der Waals surface area contributed by atoms with Gasteiger partial charge in [0.1, 0.15) is 5.82 Å². The predicted octanol–water partition coefficient (Wildman–Crippen LogP) is 1.61. The van der Waals surface area contributed by atoms with Crippen LogP contribution in [0.2, 0.25) is 0 Å². The molecule has 0 saturated carbocycles. The van der Waals surface area contributed by atoms with Gasteiger partial charge in [0.25, 0.3) is 0 Å². The van der Waals surface area contributed by atoms with Gasteiger partial charge in [-0.3, -0.25) is 9.79 Å². The Kier molecular flexibility index (Phi) is 6.46. The second-order valence-electron chi connectivity index (χ2n) is 6.71. The van der Waals surface area contributed by atoms with Crippen molar-refractivity contribution in [2.45, 2.75) is 38.9 Å². The molecule has 7 heteroatoms. The first-order valence-electron chi connectivity index (χ1n) is 9.48. The van der Waals surface area contributed by atoms with Crippen LogP contribution in [-0.4, -0.2) is 52.5 Å². The zero-order valence-electron chi connectivity index (χ0n) is 16.1. The van der Waals surface area contributed by atoms with Gasteiger partial charge in [-0.1, -0.05) is 37.3 Å². The van der Waals surface area contributed by atoms with Gasteiger partial charge in [-0.25, -0.2) is 4.98 Å². The summed E-state index contributed by atoms with van der Waals surface area (Å²) in [5, 5.41) is 6.75. The van der Waals surface area contributed by atoms with Crippen LogP contribution in [0.15, 0.2) is 47.7 Å². The number of carbonyl (C=O) groups excluding carboxylic acids is 1. The standard InChI is InChI=1S/C20H28N6O/c1-3-19(27)26-11-9-17(15-26)24-20(21-2)23-13-18-22-10-12-25(18)14-16-7-5-4-6-8-16/h4-8,10,12,17H,3,9,11,13-15H2,1-2H3,(H2,21,23,24). The number of aliphatic imine (C=N–C) groups is 1. The molecule has 0 radical (unpaired) electrons. The summed E-state index contributed by atoms with van der Waals surface area (Å²) in [6.45, 7) is 4.82. The molecule has 1 saturated heterocycles. The van der Waals surface area contributed by atoms with Crippen molar-refractivity contribution in [3.8, 4) is 0 Å². The highest BCUT2D eigenvalue weighted by Gasteiger charge is 2.25.